The normalized spacial score (nSPS) is 10.8. The molecule has 0 spiro atoms. The maximum absolute atomic E-state index is 12.2. The van der Waals surface area contributed by atoms with Crippen molar-refractivity contribution in [1.29, 1.82) is 5.26 Å². The molecule has 0 aliphatic heterocycles. The van der Waals surface area contributed by atoms with Crippen molar-refractivity contribution in [2.24, 2.45) is 0 Å². The number of nitrogens with zero attached hydrogens (tertiary/aromatic N) is 4. The third kappa shape index (κ3) is 5.42. The number of carbonyl (C=O) groups is 1. The summed E-state index contributed by atoms with van der Waals surface area (Å²) >= 11 is 4.60. The minimum atomic E-state index is -0.0593. The molecule has 0 aliphatic carbocycles. The van der Waals surface area contributed by atoms with Crippen LogP contribution in [0.15, 0.2) is 52.9 Å². The van der Waals surface area contributed by atoms with Gasteiger partial charge in [-0.2, -0.15) is 5.26 Å². The fourth-order valence-electron chi connectivity index (χ4n) is 2.75. The van der Waals surface area contributed by atoms with Gasteiger partial charge >= 0.3 is 0 Å². The van der Waals surface area contributed by atoms with Crippen molar-refractivity contribution in [3.05, 3.63) is 64.7 Å². The van der Waals surface area contributed by atoms with Crippen LogP contribution in [0.1, 0.15) is 29.0 Å². The second-order valence-electron chi connectivity index (χ2n) is 6.45. The van der Waals surface area contributed by atoms with Gasteiger partial charge in [-0.15, -0.1) is 21.5 Å². The summed E-state index contributed by atoms with van der Waals surface area (Å²) in [5.74, 6) is 0.673. The number of para-hydroxylation sites is 1. The maximum atomic E-state index is 12.2. The molecule has 4 rings (SSSR count). The van der Waals surface area contributed by atoms with Crippen LogP contribution in [0.3, 0.4) is 0 Å². The van der Waals surface area contributed by atoms with Crippen molar-refractivity contribution in [1.82, 2.24) is 15.2 Å². The van der Waals surface area contributed by atoms with E-state index in [1.165, 1.54) is 16.0 Å². The monoisotopic (exact) mass is 451 g/mol. The van der Waals surface area contributed by atoms with Crippen LogP contribution in [0.25, 0.3) is 10.2 Å². The number of amides is 1. The quantitative estimate of drug-likeness (QED) is 0.290. The van der Waals surface area contributed by atoms with Gasteiger partial charge in [-0.05, 0) is 42.7 Å². The van der Waals surface area contributed by atoms with Crippen LogP contribution in [0, 0.1) is 11.3 Å². The Bertz CT molecular complexity index is 1160. The minimum absolute atomic E-state index is 0.0593. The van der Waals surface area contributed by atoms with Crippen molar-refractivity contribution in [3.63, 3.8) is 0 Å². The van der Waals surface area contributed by atoms with Crippen molar-refractivity contribution in [3.8, 4) is 6.07 Å². The first-order valence-electron chi connectivity index (χ1n) is 9.29. The molecule has 0 atom stereocenters. The molecule has 0 radical (unpaired) electrons. The van der Waals surface area contributed by atoms with Crippen LogP contribution < -0.4 is 5.32 Å². The van der Waals surface area contributed by atoms with E-state index in [2.05, 4.69) is 32.6 Å². The molecule has 9 heteroatoms. The summed E-state index contributed by atoms with van der Waals surface area (Å²) in [7, 11) is 0. The van der Waals surface area contributed by atoms with Crippen LogP contribution >= 0.6 is 34.4 Å². The summed E-state index contributed by atoms with van der Waals surface area (Å²) in [5.41, 5.74) is 2.77. The van der Waals surface area contributed by atoms with Crippen molar-refractivity contribution in [2.45, 2.75) is 29.4 Å². The van der Waals surface area contributed by atoms with E-state index in [0.717, 1.165) is 39.0 Å². The van der Waals surface area contributed by atoms with E-state index in [0.29, 0.717) is 17.1 Å². The predicted molar refractivity (Wildman–Crippen MR) is 122 cm³/mol. The molecule has 0 bridgehead atoms. The van der Waals surface area contributed by atoms with Crippen LogP contribution in [-0.4, -0.2) is 21.1 Å². The topological polar surface area (TPSA) is 91.6 Å². The van der Waals surface area contributed by atoms with Crippen molar-refractivity contribution in [2.75, 3.05) is 5.32 Å². The van der Waals surface area contributed by atoms with Gasteiger partial charge in [0.05, 0.1) is 26.9 Å². The first-order valence-corrected chi connectivity index (χ1v) is 11.9. The Hall–Kier alpha value is -2.80. The number of hydrogen-bond acceptors (Lipinski definition) is 8. The van der Waals surface area contributed by atoms with E-state index in [1.807, 2.05) is 30.3 Å². The van der Waals surface area contributed by atoms with Crippen molar-refractivity contribution < 1.29 is 4.79 Å². The molecule has 0 aliphatic rings. The average molecular weight is 452 g/mol. The molecule has 2 heterocycles. The van der Waals surface area contributed by atoms with Gasteiger partial charge in [0, 0.05) is 12.2 Å². The fourth-order valence-corrected chi connectivity index (χ4v) is 5.48. The van der Waals surface area contributed by atoms with Gasteiger partial charge in [0.15, 0.2) is 4.34 Å². The third-order valence-corrected chi connectivity index (χ3v) is 7.37. The zero-order valence-corrected chi connectivity index (χ0v) is 18.3. The highest BCUT2D eigenvalue weighted by molar-refractivity contribution is 8.00. The van der Waals surface area contributed by atoms with Gasteiger partial charge in [-0.1, -0.05) is 47.4 Å². The lowest BCUT2D eigenvalue weighted by molar-refractivity contribution is -0.116. The Balaban J connectivity index is 1.21. The largest absolute Gasteiger partial charge is 0.301 e. The van der Waals surface area contributed by atoms with E-state index in [9.17, 15) is 4.79 Å². The number of rotatable bonds is 8. The van der Waals surface area contributed by atoms with E-state index >= 15 is 0 Å². The van der Waals surface area contributed by atoms with Gasteiger partial charge in [0.25, 0.3) is 0 Å². The number of nitrogens with one attached hydrogen (secondary N) is 1. The number of hydrogen-bond donors (Lipinski definition) is 1. The van der Waals surface area contributed by atoms with E-state index < -0.39 is 0 Å². The molecule has 1 N–H and O–H groups in total. The molecule has 6 nitrogen and oxygen atoms in total. The Morgan fingerprint density at radius 3 is 2.73 bits per heavy atom. The lowest BCUT2D eigenvalue weighted by atomic mass is 10.2. The van der Waals surface area contributed by atoms with E-state index in [-0.39, 0.29) is 5.91 Å². The zero-order valence-electron chi connectivity index (χ0n) is 15.9. The number of carbonyl (C=O) groups excluding carboxylic acids is 1. The number of benzene rings is 2. The van der Waals surface area contributed by atoms with Gasteiger partial charge < -0.3 is 5.32 Å². The highest BCUT2D eigenvalue weighted by Gasteiger charge is 2.10. The van der Waals surface area contributed by atoms with Gasteiger partial charge in [0.2, 0.25) is 11.0 Å². The fraction of sp³-hybridized carbons (Fsp3) is 0.190. The third-order valence-electron chi connectivity index (χ3n) is 4.23. The lowest BCUT2D eigenvalue weighted by Crippen LogP contribution is -2.11. The van der Waals surface area contributed by atoms with Crippen LogP contribution in [0.4, 0.5) is 5.13 Å². The molecular weight excluding hydrogens is 434 g/mol. The van der Waals surface area contributed by atoms with E-state index in [1.54, 1.807) is 35.2 Å². The second-order valence-corrected chi connectivity index (χ2v) is 9.76. The van der Waals surface area contributed by atoms with E-state index in [4.69, 9.17) is 5.26 Å². The maximum Gasteiger partial charge on any atom is 0.226 e. The first kappa shape index (κ1) is 20.5. The summed E-state index contributed by atoms with van der Waals surface area (Å²) < 4.78 is 1.97. The smallest absolute Gasteiger partial charge is 0.226 e. The molecule has 150 valence electrons. The number of anilines is 1. The lowest BCUT2D eigenvalue weighted by Gasteiger charge is -2.00. The Morgan fingerprint density at radius 2 is 1.93 bits per heavy atom. The number of nitriles is 1. The summed E-state index contributed by atoms with van der Waals surface area (Å²) in [6.45, 7) is 0. The zero-order chi connectivity index (χ0) is 20.8. The predicted octanol–water partition coefficient (Wildman–Crippen LogP) is 5.27. The molecule has 0 saturated carbocycles. The SMILES string of the molecule is N#Cc1ccc(CSc2nnc(NC(=O)CCCc3nc4ccccc4s3)s2)cc1. The Labute approximate surface area is 186 Å². The van der Waals surface area contributed by atoms with Crippen LogP contribution in [0.2, 0.25) is 0 Å². The Morgan fingerprint density at radius 1 is 1.10 bits per heavy atom. The summed E-state index contributed by atoms with van der Waals surface area (Å²) in [4.78, 5) is 16.8. The second kappa shape index (κ2) is 9.80. The van der Waals surface area contributed by atoms with Crippen LogP contribution in [-0.2, 0) is 17.0 Å². The molecule has 30 heavy (non-hydrogen) atoms. The number of aryl methyl sites for hydroxylation is 1. The van der Waals surface area contributed by atoms with Crippen molar-refractivity contribution >= 4 is 55.7 Å². The average Bonchev–Trinajstić information content (AvgIpc) is 3.38. The molecule has 4 aromatic rings. The van der Waals surface area contributed by atoms with Gasteiger partial charge in [-0.25, -0.2) is 4.98 Å². The molecule has 2 aromatic carbocycles. The molecule has 0 fully saturated rings. The number of thioether (sulfide) groups is 1. The highest BCUT2D eigenvalue weighted by Crippen LogP contribution is 2.28. The molecule has 1 amide bonds. The van der Waals surface area contributed by atoms with Crippen LogP contribution in [0.5, 0.6) is 0 Å². The summed E-state index contributed by atoms with van der Waals surface area (Å²) in [5, 5.41) is 21.4. The number of fused-ring (bicyclic) bond motifs is 1. The first-order chi connectivity index (χ1) is 14.7. The molecule has 0 saturated heterocycles. The molecular formula is C21H17N5OS3. The summed E-state index contributed by atoms with van der Waals surface area (Å²) in [6.07, 6.45) is 1.95. The minimum Gasteiger partial charge on any atom is -0.301 e. The number of thiazole rings is 1. The Kier molecular flexibility index (Phi) is 6.69. The highest BCUT2D eigenvalue weighted by atomic mass is 32.2. The van der Waals surface area contributed by atoms with Gasteiger partial charge in [-0.3, -0.25) is 4.79 Å². The molecule has 0 unspecified atom stereocenters. The standard InChI is InChI=1S/C21H17N5OS3/c22-12-14-8-10-15(11-9-14)13-28-21-26-25-20(30-21)24-18(27)6-3-7-19-23-16-4-1-2-5-17(16)29-19/h1-2,4-5,8-11H,3,6-7,13H2,(H,24,25,27). The number of aromatic nitrogens is 3. The van der Waals surface area contributed by atoms with Gasteiger partial charge in [0.1, 0.15) is 0 Å². The summed E-state index contributed by atoms with van der Waals surface area (Å²) in [6, 6.07) is 17.6. The molecule has 2 aromatic heterocycles.